The van der Waals surface area contributed by atoms with Gasteiger partial charge in [-0.1, -0.05) is 97.1 Å². The van der Waals surface area contributed by atoms with Crippen molar-refractivity contribution in [2.45, 2.75) is 0 Å². The third-order valence-electron chi connectivity index (χ3n) is 9.09. The monoisotopic (exact) mass is 634 g/mol. The van der Waals surface area contributed by atoms with Gasteiger partial charge in [0, 0.05) is 32.7 Å². The molecule has 0 radical (unpaired) electrons. The van der Waals surface area contributed by atoms with E-state index in [9.17, 15) is 40.9 Å². The van der Waals surface area contributed by atoms with E-state index in [1.54, 1.807) is 48.5 Å². The number of phenols is 8. The van der Waals surface area contributed by atoms with Crippen LogP contribution in [0.1, 0.15) is 0 Å². The van der Waals surface area contributed by atoms with Crippen LogP contribution < -0.4 is 0 Å². The Morgan fingerprint density at radius 2 is 0.708 bits per heavy atom. The molecule has 8 heteroatoms. The van der Waals surface area contributed by atoms with Gasteiger partial charge >= 0.3 is 0 Å². The molecule has 0 aliphatic carbocycles. The molecule has 8 aromatic carbocycles. The van der Waals surface area contributed by atoms with Crippen LogP contribution in [0.5, 0.6) is 46.0 Å². The second-order valence-corrected chi connectivity index (χ2v) is 11.7. The zero-order valence-corrected chi connectivity index (χ0v) is 25.0. The van der Waals surface area contributed by atoms with Crippen LogP contribution in [0.3, 0.4) is 0 Å². The van der Waals surface area contributed by atoms with E-state index >= 15 is 0 Å². The predicted octanol–water partition coefficient (Wildman–Crippen LogP) is 8.95. The van der Waals surface area contributed by atoms with Crippen molar-refractivity contribution in [3.8, 4) is 79.4 Å². The van der Waals surface area contributed by atoms with Crippen LogP contribution in [-0.4, -0.2) is 40.9 Å². The van der Waals surface area contributed by atoms with Gasteiger partial charge in [0.2, 0.25) is 23.0 Å². The van der Waals surface area contributed by atoms with Crippen molar-refractivity contribution in [3.63, 3.8) is 0 Å². The van der Waals surface area contributed by atoms with Gasteiger partial charge in [0.15, 0.2) is 23.0 Å². The van der Waals surface area contributed by atoms with Gasteiger partial charge in [0.1, 0.15) is 0 Å². The van der Waals surface area contributed by atoms with Crippen molar-refractivity contribution in [1.29, 1.82) is 0 Å². The number of hydrogen-bond acceptors (Lipinski definition) is 8. The first kappa shape index (κ1) is 28.7. The molecule has 0 aliphatic heterocycles. The SMILES string of the molecule is Oc1c(O)c(O)c2c(-c3cccc(-c4ccc5c(ccc6ccccc65)c4)c3)c3c(O)c(O)c(O)c(O)c3c(-c3ccccc3)c2c1O. The molecule has 0 saturated carbocycles. The Morgan fingerprint density at radius 3 is 1.31 bits per heavy atom. The van der Waals surface area contributed by atoms with Gasteiger partial charge in [-0.05, 0) is 55.9 Å². The molecule has 0 fully saturated rings. The zero-order valence-electron chi connectivity index (χ0n) is 25.0. The Kier molecular flexibility index (Phi) is 6.19. The van der Waals surface area contributed by atoms with E-state index in [1.165, 1.54) is 0 Å². The van der Waals surface area contributed by atoms with Crippen LogP contribution in [0.15, 0.2) is 109 Å². The maximum absolute atomic E-state index is 11.4. The average Bonchev–Trinajstić information content (AvgIpc) is 3.13. The second kappa shape index (κ2) is 10.4. The fourth-order valence-electron chi connectivity index (χ4n) is 6.85. The number of benzene rings is 8. The van der Waals surface area contributed by atoms with Gasteiger partial charge in [-0.3, -0.25) is 0 Å². The molecule has 0 bridgehead atoms. The molecule has 8 N–H and O–H groups in total. The smallest absolute Gasteiger partial charge is 0.204 e. The first-order valence-corrected chi connectivity index (χ1v) is 15.0. The lowest BCUT2D eigenvalue weighted by Gasteiger charge is -2.22. The van der Waals surface area contributed by atoms with E-state index in [1.807, 2.05) is 42.5 Å². The summed E-state index contributed by atoms with van der Waals surface area (Å²) in [4.78, 5) is 0. The van der Waals surface area contributed by atoms with Crippen molar-refractivity contribution >= 4 is 43.1 Å². The molecular formula is C40H26O8. The van der Waals surface area contributed by atoms with Gasteiger partial charge in [0.25, 0.3) is 0 Å². The van der Waals surface area contributed by atoms with Crippen molar-refractivity contribution in [2.75, 3.05) is 0 Å². The maximum atomic E-state index is 11.4. The lowest BCUT2D eigenvalue weighted by molar-refractivity contribution is 0.350. The minimum atomic E-state index is -1.01. The highest BCUT2D eigenvalue weighted by Gasteiger charge is 2.32. The summed E-state index contributed by atoms with van der Waals surface area (Å²) in [6.45, 7) is 0. The fraction of sp³-hybridized carbons (Fsp3) is 0. The summed E-state index contributed by atoms with van der Waals surface area (Å²) >= 11 is 0. The maximum Gasteiger partial charge on any atom is 0.204 e. The largest absolute Gasteiger partial charge is 0.504 e. The Hall–Kier alpha value is -6.80. The van der Waals surface area contributed by atoms with Crippen LogP contribution in [0.25, 0.3) is 76.5 Å². The number of phenolic OH excluding ortho intramolecular Hbond substituents is 8. The van der Waals surface area contributed by atoms with E-state index in [0.717, 1.165) is 32.7 Å². The van der Waals surface area contributed by atoms with Crippen molar-refractivity contribution in [1.82, 2.24) is 0 Å². The summed E-state index contributed by atoms with van der Waals surface area (Å²) < 4.78 is 0. The summed E-state index contributed by atoms with van der Waals surface area (Å²) in [5, 5.41) is 92.1. The van der Waals surface area contributed by atoms with Crippen LogP contribution >= 0.6 is 0 Å². The molecule has 48 heavy (non-hydrogen) atoms. The Balaban J connectivity index is 1.51. The minimum Gasteiger partial charge on any atom is -0.504 e. The average molecular weight is 635 g/mol. The molecule has 0 saturated heterocycles. The molecule has 0 aliphatic rings. The molecule has 0 heterocycles. The normalized spacial score (nSPS) is 11.6. The number of hydrogen-bond donors (Lipinski definition) is 8. The highest BCUT2D eigenvalue weighted by molar-refractivity contribution is 6.29. The van der Waals surface area contributed by atoms with Crippen molar-refractivity contribution < 1.29 is 40.9 Å². The summed E-state index contributed by atoms with van der Waals surface area (Å²) in [6, 6.07) is 33.6. The van der Waals surface area contributed by atoms with Gasteiger partial charge < -0.3 is 40.9 Å². The predicted molar refractivity (Wildman–Crippen MR) is 186 cm³/mol. The topological polar surface area (TPSA) is 162 Å². The third-order valence-corrected chi connectivity index (χ3v) is 9.09. The molecular weight excluding hydrogens is 608 g/mol. The Labute approximate surface area is 272 Å². The van der Waals surface area contributed by atoms with Crippen LogP contribution in [-0.2, 0) is 0 Å². The molecule has 8 nitrogen and oxygen atoms in total. The number of aromatic hydroxyl groups is 8. The van der Waals surface area contributed by atoms with Gasteiger partial charge in [-0.2, -0.15) is 0 Å². The molecule has 8 rings (SSSR count). The van der Waals surface area contributed by atoms with Crippen molar-refractivity contribution in [2.24, 2.45) is 0 Å². The van der Waals surface area contributed by atoms with Gasteiger partial charge in [0.05, 0.1) is 0 Å². The fourth-order valence-corrected chi connectivity index (χ4v) is 6.85. The van der Waals surface area contributed by atoms with Gasteiger partial charge in [-0.25, -0.2) is 0 Å². The first-order valence-electron chi connectivity index (χ1n) is 15.0. The van der Waals surface area contributed by atoms with Gasteiger partial charge in [-0.15, -0.1) is 0 Å². The van der Waals surface area contributed by atoms with Crippen LogP contribution in [0.4, 0.5) is 0 Å². The third kappa shape index (κ3) is 3.96. The second-order valence-electron chi connectivity index (χ2n) is 11.7. The highest BCUT2D eigenvalue weighted by atomic mass is 16.4. The summed E-state index contributed by atoms with van der Waals surface area (Å²) in [7, 11) is 0. The molecule has 8 aromatic rings. The molecule has 0 aromatic heterocycles. The van der Waals surface area contributed by atoms with E-state index in [-0.39, 0.29) is 32.7 Å². The van der Waals surface area contributed by atoms with E-state index < -0.39 is 46.0 Å². The standard InChI is InChI=1S/C40H26O8/c41-33-29-27(20-8-2-1-3-9-20)30-32(36(44)40(48)38(46)34(30)42)28(31(29)35(43)39(47)37(33)45)24-11-6-10-21(18-24)22-15-16-26-23(17-22)14-13-19-7-4-5-12-25(19)26/h1-18,41-48H. The molecule has 0 unspecified atom stereocenters. The molecule has 234 valence electrons. The Bertz CT molecular complexity index is 2560. The quantitative estimate of drug-likeness (QED) is 0.0413. The van der Waals surface area contributed by atoms with E-state index in [2.05, 4.69) is 18.2 Å². The zero-order chi connectivity index (χ0) is 33.4. The van der Waals surface area contributed by atoms with Crippen molar-refractivity contribution in [3.05, 3.63) is 109 Å². The number of fused-ring (bicyclic) bond motifs is 5. The summed E-state index contributed by atoms with van der Waals surface area (Å²) in [6.07, 6.45) is 0. The summed E-state index contributed by atoms with van der Waals surface area (Å²) in [5.74, 6) is -7.29. The lowest BCUT2D eigenvalue weighted by Crippen LogP contribution is -1.94. The number of rotatable bonds is 3. The van der Waals surface area contributed by atoms with Crippen LogP contribution in [0, 0.1) is 0 Å². The molecule has 0 atom stereocenters. The summed E-state index contributed by atoms with van der Waals surface area (Å²) in [5.41, 5.74) is 2.29. The van der Waals surface area contributed by atoms with E-state index in [0.29, 0.717) is 11.1 Å². The first-order chi connectivity index (χ1) is 23.2. The molecule has 0 amide bonds. The lowest BCUT2D eigenvalue weighted by atomic mass is 9.83. The minimum absolute atomic E-state index is 0.000450. The highest BCUT2D eigenvalue weighted by Crippen LogP contribution is 2.61. The van der Waals surface area contributed by atoms with Crippen LogP contribution in [0.2, 0.25) is 0 Å². The van der Waals surface area contributed by atoms with E-state index in [4.69, 9.17) is 0 Å². The Morgan fingerprint density at radius 1 is 0.271 bits per heavy atom. The molecule has 0 spiro atoms.